The molecule has 0 saturated heterocycles. The number of primary amides is 1. The van der Waals surface area contributed by atoms with Gasteiger partial charge in [-0.15, -0.1) is 0 Å². The van der Waals surface area contributed by atoms with Crippen molar-refractivity contribution in [2.24, 2.45) is 11.7 Å². The van der Waals surface area contributed by atoms with Crippen LogP contribution < -0.4 is 11.1 Å². The molecule has 0 aliphatic heterocycles. The van der Waals surface area contributed by atoms with Gasteiger partial charge in [0, 0.05) is 12.1 Å². The molecule has 0 radical (unpaired) electrons. The van der Waals surface area contributed by atoms with Gasteiger partial charge in [-0.25, -0.2) is 0 Å². The van der Waals surface area contributed by atoms with E-state index in [2.05, 4.69) is 18.3 Å². The Bertz CT molecular complexity index is 577. The van der Waals surface area contributed by atoms with E-state index in [-0.39, 0.29) is 11.8 Å². The molecule has 3 N–H and O–H groups in total. The van der Waals surface area contributed by atoms with Gasteiger partial charge in [0.05, 0.1) is 5.92 Å². The second kappa shape index (κ2) is 12.8. The maximum atomic E-state index is 13.1. The Kier molecular flexibility index (Phi) is 10.4. The molecule has 4 nitrogen and oxygen atoms in total. The van der Waals surface area contributed by atoms with Gasteiger partial charge in [-0.05, 0) is 62.5 Å². The molecule has 0 spiro atoms. The summed E-state index contributed by atoms with van der Waals surface area (Å²) in [6.07, 6.45) is 18.8. The number of nitrogens with two attached hydrogens (primary N) is 1. The third-order valence-electron chi connectivity index (χ3n) is 6.18. The summed E-state index contributed by atoms with van der Waals surface area (Å²) in [5.41, 5.74) is 8.85. The molecule has 1 unspecified atom stereocenters. The van der Waals surface area contributed by atoms with Crippen LogP contribution >= 0.6 is 0 Å². The van der Waals surface area contributed by atoms with Gasteiger partial charge in [0.15, 0.2) is 0 Å². The van der Waals surface area contributed by atoms with Gasteiger partial charge in [-0.3, -0.25) is 9.59 Å². The molecule has 1 atom stereocenters. The molecule has 0 aromatic carbocycles. The maximum absolute atomic E-state index is 13.1. The number of carbonyl (C=O) groups is 2. The fourth-order valence-corrected chi connectivity index (χ4v) is 4.54. The lowest BCUT2D eigenvalue weighted by Gasteiger charge is -2.20. The van der Waals surface area contributed by atoms with Gasteiger partial charge >= 0.3 is 0 Å². The Morgan fingerprint density at radius 1 is 1.00 bits per heavy atom. The quantitative estimate of drug-likeness (QED) is 0.497. The molecular weight excluding hydrogens is 348 g/mol. The fraction of sp³-hybridized carbons (Fsp3) is 0.750. The molecule has 0 aromatic heterocycles. The van der Waals surface area contributed by atoms with Gasteiger partial charge in [-0.2, -0.15) is 0 Å². The van der Waals surface area contributed by atoms with E-state index in [1.165, 1.54) is 50.5 Å². The molecular formula is C24H40N2O2. The monoisotopic (exact) mass is 388 g/mol. The Hall–Kier alpha value is -1.58. The van der Waals surface area contributed by atoms with E-state index in [4.69, 9.17) is 5.73 Å². The standard InChI is InChI=1S/C24H40N2O2/c1-2-3-4-5-8-13-18-26-24(28)22-20(19-14-9-6-7-10-15-19)16-11-12-17-21(22)23(25)27/h14,21H,2-13,15-18H2,1H3,(H2,25,27)(H,26,28). The number of carbonyl (C=O) groups excluding carboxylic acids is 2. The zero-order valence-corrected chi connectivity index (χ0v) is 17.9. The summed E-state index contributed by atoms with van der Waals surface area (Å²) < 4.78 is 0. The van der Waals surface area contributed by atoms with E-state index in [1.54, 1.807) is 0 Å². The van der Waals surface area contributed by atoms with Crippen molar-refractivity contribution in [2.45, 2.75) is 103 Å². The van der Waals surface area contributed by atoms with E-state index in [9.17, 15) is 9.59 Å². The number of unbranched alkanes of at least 4 members (excludes halogenated alkanes) is 5. The van der Waals surface area contributed by atoms with Crippen molar-refractivity contribution in [3.8, 4) is 0 Å². The Balaban J connectivity index is 2.10. The second-order valence-electron chi connectivity index (χ2n) is 8.45. The van der Waals surface area contributed by atoms with Crippen molar-refractivity contribution in [3.63, 3.8) is 0 Å². The normalized spacial score (nSPS) is 20.9. The first-order chi connectivity index (χ1) is 13.6. The average Bonchev–Trinajstić information content (AvgIpc) is 3.08. The molecule has 2 rings (SSSR count). The zero-order valence-electron chi connectivity index (χ0n) is 17.9. The van der Waals surface area contributed by atoms with Crippen molar-refractivity contribution in [3.05, 3.63) is 22.8 Å². The molecule has 4 heteroatoms. The molecule has 0 heterocycles. The summed E-state index contributed by atoms with van der Waals surface area (Å²) >= 11 is 0. The number of hydrogen-bond donors (Lipinski definition) is 2. The van der Waals surface area contributed by atoms with E-state index >= 15 is 0 Å². The van der Waals surface area contributed by atoms with Crippen LogP contribution in [0.3, 0.4) is 0 Å². The summed E-state index contributed by atoms with van der Waals surface area (Å²) in [5, 5.41) is 3.11. The Morgan fingerprint density at radius 2 is 1.75 bits per heavy atom. The number of hydrogen-bond acceptors (Lipinski definition) is 2. The number of amides is 2. The van der Waals surface area contributed by atoms with Crippen LogP contribution in [0.1, 0.15) is 103 Å². The summed E-state index contributed by atoms with van der Waals surface area (Å²) in [7, 11) is 0. The molecule has 28 heavy (non-hydrogen) atoms. The lowest BCUT2D eigenvalue weighted by atomic mass is 9.86. The van der Waals surface area contributed by atoms with E-state index in [1.807, 2.05) is 0 Å². The lowest BCUT2D eigenvalue weighted by molar-refractivity contribution is -0.124. The topological polar surface area (TPSA) is 72.2 Å². The minimum Gasteiger partial charge on any atom is -0.369 e. The minimum absolute atomic E-state index is 0.0561. The number of nitrogens with one attached hydrogen (secondary N) is 1. The molecule has 0 fully saturated rings. The van der Waals surface area contributed by atoms with Gasteiger partial charge in [0.2, 0.25) is 11.8 Å². The van der Waals surface area contributed by atoms with Gasteiger partial charge in [0.25, 0.3) is 0 Å². The Morgan fingerprint density at radius 3 is 2.54 bits per heavy atom. The smallest absolute Gasteiger partial charge is 0.248 e. The van der Waals surface area contributed by atoms with Crippen LogP contribution in [0.2, 0.25) is 0 Å². The van der Waals surface area contributed by atoms with Crippen LogP contribution in [-0.2, 0) is 9.59 Å². The first kappa shape index (κ1) is 22.7. The summed E-state index contributed by atoms with van der Waals surface area (Å²) in [4.78, 5) is 25.3. The summed E-state index contributed by atoms with van der Waals surface area (Å²) in [5.74, 6) is -0.844. The van der Waals surface area contributed by atoms with Crippen molar-refractivity contribution >= 4 is 11.8 Å². The molecule has 158 valence electrons. The van der Waals surface area contributed by atoms with Crippen LogP contribution in [0.25, 0.3) is 0 Å². The molecule has 0 aromatic rings. The highest BCUT2D eigenvalue weighted by Gasteiger charge is 2.31. The first-order valence-corrected chi connectivity index (χ1v) is 11.6. The second-order valence-corrected chi connectivity index (χ2v) is 8.45. The summed E-state index contributed by atoms with van der Waals surface area (Å²) in [6.45, 7) is 2.91. The third kappa shape index (κ3) is 7.10. The van der Waals surface area contributed by atoms with Crippen LogP contribution in [0.4, 0.5) is 0 Å². The average molecular weight is 389 g/mol. The lowest BCUT2D eigenvalue weighted by Crippen LogP contribution is -2.35. The maximum Gasteiger partial charge on any atom is 0.248 e. The van der Waals surface area contributed by atoms with Gasteiger partial charge < -0.3 is 11.1 Å². The highest BCUT2D eigenvalue weighted by molar-refractivity contribution is 6.01. The van der Waals surface area contributed by atoms with E-state index < -0.39 is 5.92 Å². The molecule has 2 aliphatic carbocycles. The van der Waals surface area contributed by atoms with E-state index in [0.717, 1.165) is 50.5 Å². The van der Waals surface area contributed by atoms with E-state index in [0.29, 0.717) is 18.5 Å². The molecule has 0 bridgehead atoms. The molecule has 0 saturated carbocycles. The first-order valence-electron chi connectivity index (χ1n) is 11.6. The Labute approximate surface area is 171 Å². The number of allylic oxidation sites excluding steroid dienone is 3. The van der Waals surface area contributed by atoms with Gasteiger partial charge in [-0.1, -0.05) is 57.9 Å². The fourth-order valence-electron chi connectivity index (χ4n) is 4.54. The zero-order chi connectivity index (χ0) is 20.2. The predicted octanol–water partition coefficient (Wildman–Crippen LogP) is 5.33. The van der Waals surface area contributed by atoms with Crippen molar-refractivity contribution < 1.29 is 9.59 Å². The van der Waals surface area contributed by atoms with Crippen LogP contribution in [0.15, 0.2) is 22.8 Å². The number of rotatable bonds is 10. The van der Waals surface area contributed by atoms with Crippen LogP contribution in [0, 0.1) is 5.92 Å². The molecule has 2 amide bonds. The highest BCUT2D eigenvalue weighted by atomic mass is 16.2. The summed E-state index contributed by atoms with van der Waals surface area (Å²) in [6, 6.07) is 0. The highest BCUT2D eigenvalue weighted by Crippen LogP contribution is 2.36. The molecule has 2 aliphatic rings. The SMILES string of the molecule is CCCCCCCCNC(=O)C1=C(C2=CCCCCC2)CCCCC1C(N)=O. The minimum atomic E-state index is -0.439. The third-order valence-corrected chi connectivity index (χ3v) is 6.18. The van der Waals surface area contributed by atoms with Crippen LogP contribution in [-0.4, -0.2) is 18.4 Å². The largest absolute Gasteiger partial charge is 0.369 e. The van der Waals surface area contributed by atoms with Gasteiger partial charge in [0.1, 0.15) is 0 Å². The van der Waals surface area contributed by atoms with Crippen molar-refractivity contribution in [1.82, 2.24) is 5.32 Å². The van der Waals surface area contributed by atoms with Crippen molar-refractivity contribution in [1.29, 1.82) is 0 Å². The van der Waals surface area contributed by atoms with Crippen LogP contribution in [0.5, 0.6) is 0 Å². The van der Waals surface area contributed by atoms with Crippen molar-refractivity contribution in [2.75, 3.05) is 6.54 Å². The predicted molar refractivity (Wildman–Crippen MR) is 116 cm³/mol.